The molecular weight excluding hydrogens is 643 g/mol. The number of allylic oxidation sites excluding steroid dienone is 6. The van der Waals surface area contributed by atoms with Crippen LogP contribution >= 0.6 is 0 Å². The summed E-state index contributed by atoms with van der Waals surface area (Å²) < 4.78 is 13.3. The fourth-order valence-corrected chi connectivity index (χ4v) is 8.94. The molecule has 0 atom stereocenters. The van der Waals surface area contributed by atoms with E-state index in [1.54, 1.807) is 0 Å². The molecule has 8 aromatic rings. The van der Waals surface area contributed by atoms with Crippen LogP contribution in [0.1, 0.15) is 51.3 Å². The second kappa shape index (κ2) is 12.3. The van der Waals surface area contributed by atoms with Crippen molar-refractivity contribution in [2.75, 3.05) is 0 Å². The van der Waals surface area contributed by atoms with Gasteiger partial charge in [0.15, 0.2) is 0 Å². The number of rotatable bonds is 8. The molecule has 0 spiro atoms. The van der Waals surface area contributed by atoms with E-state index in [2.05, 4.69) is 163 Å². The smallest absolute Gasteiger partial charge is 0.399 e. The molecule has 1 heterocycles. The Hall–Kier alpha value is -5.48. The molecule has 0 amide bonds. The van der Waals surface area contributed by atoms with E-state index in [0.29, 0.717) is 0 Å². The van der Waals surface area contributed by atoms with E-state index in [1.807, 2.05) is 18.2 Å². The Bertz CT molecular complexity index is 2830. The average molecular weight is 687 g/mol. The third kappa shape index (κ3) is 4.81. The summed E-state index contributed by atoms with van der Waals surface area (Å²) >= 11 is 0. The van der Waals surface area contributed by atoms with Crippen molar-refractivity contribution < 1.29 is 9.31 Å². The Morgan fingerprint density at radius 3 is 1.96 bits per heavy atom. The zero-order valence-corrected chi connectivity index (χ0v) is 31.2. The molecule has 0 radical (unpaired) electrons. The first-order chi connectivity index (χ1) is 25.7. The summed E-state index contributed by atoms with van der Waals surface area (Å²) in [5, 5.41) is 15.2. The third-order valence-corrected chi connectivity index (χ3v) is 11.9. The van der Waals surface area contributed by atoms with Crippen LogP contribution in [0, 0.1) is 0 Å². The largest absolute Gasteiger partial charge is 0.495 e. The minimum Gasteiger partial charge on any atom is -0.399 e. The maximum atomic E-state index is 6.67. The van der Waals surface area contributed by atoms with Crippen molar-refractivity contribution >= 4 is 89.4 Å². The fraction of sp³-hybridized carbons (Fsp3) is 0.160. The highest BCUT2D eigenvalue weighted by Crippen LogP contribution is 2.52. The molecule has 1 aliphatic rings. The number of fused-ring (bicyclic) bond motifs is 5. The lowest BCUT2D eigenvalue weighted by Gasteiger charge is -2.32. The zero-order valence-electron chi connectivity index (χ0n) is 31.2. The topological polar surface area (TPSA) is 18.5 Å². The molecule has 1 saturated heterocycles. The molecule has 2 nitrogen and oxygen atoms in total. The highest BCUT2D eigenvalue weighted by atomic mass is 16.7. The monoisotopic (exact) mass is 686 g/mol. The summed E-state index contributed by atoms with van der Waals surface area (Å²) in [5.74, 6) is 0. The van der Waals surface area contributed by atoms with Crippen LogP contribution in [-0.2, 0) is 15.7 Å². The lowest BCUT2D eigenvalue weighted by Crippen LogP contribution is -2.41. The molecule has 0 aromatic heterocycles. The fourth-order valence-electron chi connectivity index (χ4n) is 8.94. The van der Waals surface area contributed by atoms with Gasteiger partial charge in [-0.25, -0.2) is 0 Å². The van der Waals surface area contributed by atoms with Crippen LogP contribution in [0.2, 0.25) is 0 Å². The summed E-state index contributed by atoms with van der Waals surface area (Å²) in [4.78, 5) is 0. The second-order valence-corrected chi connectivity index (χ2v) is 15.3. The summed E-state index contributed by atoms with van der Waals surface area (Å²) in [5.41, 5.74) is 6.43. The Labute approximate surface area is 312 Å². The predicted molar refractivity (Wildman–Crippen MR) is 232 cm³/mol. The van der Waals surface area contributed by atoms with E-state index in [9.17, 15) is 0 Å². The first kappa shape index (κ1) is 33.4. The van der Waals surface area contributed by atoms with Crippen LogP contribution in [-0.4, -0.2) is 18.3 Å². The van der Waals surface area contributed by atoms with Crippen LogP contribution in [0.15, 0.2) is 135 Å². The molecule has 53 heavy (non-hydrogen) atoms. The number of benzene rings is 6. The summed E-state index contributed by atoms with van der Waals surface area (Å²) in [6.07, 6.45) is 17.5. The first-order valence-electron chi connectivity index (χ1n) is 18.7. The lowest BCUT2D eigenvalue weighted by molar-refractivity contribution is 0.00578. The van der Waals surface area contributed by atoms with E-state index in [4.69, 9.17) is 9.31 Å². The van der Waals surface area contributed by atoms with Gasteiger partial charge in [0.25, 0.3) is 0 Å². The average Bonchev–Trinajstić information content (AvgIpc) is 3.73. The maximum Gasteiger partial charge on any atom is 0.495 e. The van der Waals surface area contributed by atoms with Gasteiger partial charge in [-0.3, -0.25) is 0 Å². The number of hydrogen-bond donors (Lipinski definition) is 0. The standard InChI is InChI=1S/C50H43BO2/c1-8-11-12-13-17-23-37-46-36-26-18-24-34-32(10-3)33(20-9-2)40(44(34)36)30-41(46)43(31-21-15-14-16-22-31)48-38-27-19-25-35-42(29-28-39(45(35)38)47(37)48)51-52-49(4,5)50(6,7)53-51/h8-22,24-30H,1,3,23H2,2,4-7H3/b12-11-,17-13-,20-9-. The van der Waals surface area contributed by atoms with Gasteiger partial charge in [0.05, 0.1) is 11.2 Å². The van der Waals surface area contributed by atoms with Gasteiger partial charge in [-0.1, -0.05) is 141 Å². The van der Waals surface area contributed by atoms with Crippen LogP contribution in [0.4, 0.5) is 0 Å². The van der Waals surface area contributed by atoms with Crippen molar-refractivity contribution in [1.82, 2.24) is 0 Å². The van der Waals surface area contributed by atoms with Crippen molar-refractivity contribution in [2.24, 2.45) is 0 Å². The molecule has 0 N–H and O–H groups in total. The van der Waals surface area contributed by atoms with Crippen LogP contribution < -0.4 is 5.46 Å². The summed E-state index contributed by atoms with van der Waals surface area (Å²) in [6, 6.07) is 31.6. The van der Waals surface area contributed by atoms with E-state index >= 15 is 0 Å². The van der Waals surface area contributed by atoms with Crippen molar-refractivity contribution in [1.29, 1.82) is 0 Å². The van der Waals surface area contributed by atoms with Gasteiger partial charge in [0, 0.05) is 0 Å². The zero-order chi connectivity index (χ0) is 36.6. The molecule has 3 heteroatoms. The Balaban J connectivity index is 1.50. The van der Waals surface area contributed by atoms with E-state index in [-0.39, 0.29) is 0 Å². The lowest BCUT2D eigenvalue weighted by atomic mass is 9.75. The third-order valence-electron chi connectivity index (χ3n) is 11.9. The Morgan fingerprint density at radius 2 is 1.26 bits per heavy atom. The summed E-state index contributed by atoms with van der Waals surface area (Å²) in [7, 11) is -0.460. The van der Waals surface area contributed by atoms with Crippen molar-refractivity contribution in [3.8, 4) is 11.1 Å². The molecular formula is C50H43BO2. The van der Waals surface area contributed by atoms with Gasteiger partial charge in [-0.2, -0.15) is 0 Å². The predicted octanol–water partition coefficient (Wildman–Crippen LogP) is 13.0. The van der Waals surface area contributed by atoms with Gasteiger partial charge in [0.2, 0.25) is 0 Å². The van der Waals surface area contributed by atoms with Crippen molar-refractivity contribution in [2.45, 2.75) is 52.2 Å². The van der Waals surface area contributed by atoms with Crippen molar-refractivity contribution in [3.05, 3.63) is 151 Å². The first-order valence-corrected chi connectivity index (χ1v) is 18.7. The van der Waals surface area contributed by atoms with Crippen molar-refractivity contribution in [3.63, 3.8) is 0 Å². The normalized spacial score (nSPS) is 16.1. The highest BCUT2D eigenvalue weighted by molar-refractivity contribution is 6.66. The van der Waals surface area contributed by atoms with Gasteiger partial charge in [-0.15, -0.1) is 0 Å². The Morgan fingerprint density at radius 1 is 0.604 bits per heavy atom. The molecule has 1 fully saturated rings. The van der Waals surface area contributed by atoms with E-state index < -0.39 is 18.3 Å². The molecule has 0 saturated carbocycles. The second-order valence-electron chi connectivity index (χ2n) is 15.3. The minimum atomic E-state index is -0.460. The van der Waals surface area contributed by atoms with Gasteiger partial charge < -0.3 is 9.31 Å². The summed E-state index contributed by atoms with van der Waals surface area (Å²) in [6.45, 7) is 18.7. The van der Waals surface area contributed by atoms with Crippen LogP contribution in [0.5, 0.6) is 0 Å². The number of hydrogen-bond acceptors (Lipinski definition) is 2. The molecule has 0 aliphatic carbocycles. The van der Waals surface area contributed by atoms with Crippen LogP contribution in [0.25, 0.3) is 87.9 Å². The Kier molecular flexibility index (Phi) is 7.75. The quantitative estimate of drug-likeness (QED) is 0.0900. The molecule has 8 aromatic carbocycles. The maximum absolute atomic E-state index is 6.67. The molecule has 1 aliphatic heterocycles. The van der Waals surface area contributed by atoms with Crippen LogP contribution in [0.3, 0.4) is 0 Å². The molecule has 0 bridgehead atoms. The SMILES string of the molecule is C=C/C=C\C=C/Cc1c2c(cc3c(/C=C\C)c(C=C)c4cccc2c43)c(-c2ccccc2)c2c3cccc4c(B5OC(C)(C)C(C)(C)O5)ccc(c12)c43. The molecule has 0 unspecified atom stereocenters. The molecule has 9 rings (SSSR count). The van der Waals surface area contributed by atoms with Gasteiger partial charge >= 0.3 is 7.12 Å². The van der Waals surface area contributed by atoms with Gasteiger partial charge in [0.1, 0.15) is 0 Å². The van der Waals surface area contributed by atoms with E-state index in [1.165, 1.54) is 92.5 Å². The molecule has 258 valence electrons. The highest BCUT2D eigenvalue weighted by Gasteiger charge is 2.52. The van der Waals surface area contributed by atoms with Gasteiger partial charge in [-0.05, 0) is 145 Å². The van der Waals surface area contributed by atoms with E-state index in [0.717, 1.165) is 11.9 Å². The minimum absolute atomic E-state index is 0.435.